The fourth-order valence-corrected chi connectivity index (χ4v) is 3.66. The molecule has 4 rings (SSSR count). The minimum Gasteiger partial charge on any atom is -0.338 e. The van der Waals surface area contributed by atoms with Crippen LogP contribution in [0.3, 0.4) is 0 Å². The lowest BCUT2D eigenvalue weighted by atomic mass is 10.2. The fraction of sp³-hybridized carbons (Fsp3) is 0.312. The molecule has 0 N–H and O–H groups in total. The van der Waals surface area contributed by atoms with Crippen molar-refractivity contribution in [2.75, 3.05) is 38.1 Å². The van der Waals surface area contributed by atoms with E-state index in [1.165, 1.54) is 10.1 Å². The number of likely N-dealkylation sites (N-methyl/N-ethyl adjacent to an activating group) is 1. The maximum absolute atomic E-state index is 4.68. The molecule has 0 aliphatic carbocycles. The van der Waals surface area contributed by atoms with E-state index in [0.717, 1.165) is 42.8 Å². The van der Waals surface area contributed by atoms with Crippen LogP contribution >= 0.6 is 11.3 Å². The first-order valence-corrected chi connectivity index (χ1v) is 8.23. The summed E-state index contributed by atoms with van der Waals surface area (Å²) in [5.74, 6) is 1.56. The molecule has 0 spiro atoms. The lowest BCUT2D eigenvalue weighted by Crippen LogP contribution is -2.45. The number of hydrogen-bond acceptors (Lipinski definition) is 6. The molecule has 112 valence electrons. The molecule has 1 aliphatic heterocycles. The third-order valence-electron chi connectivity index (χ3n) is 3.99. The smallest absolute Gasteiger partial charge is 0.229 e. The van der Waals surface area contributed by atoms with Crippen LogP contribution < -0.4 is 4.90 Å². The molecule has 3 heterocycles. The monoisotopic (exact) mass is 311 g/mol. The second-order valence-corrected chi connectivity index (χ2v) is 6.63. The first-order chi connectivity index (χ1) is 10.8. The molecule has 0 atom stereocenters. The maximum atomic E-state index is 4.68. The second-order valence-electron chi connectivity index (χ2n) is 5.55. The standard InChI is InChI=1S/C16H17N5S/c1-20-6-8-21(9-7-20)16-18-11-17-15(19-16)14-10-12-4-2-3-5-13(12)22-14/h2-5,10-11H,6-9H2,1H3. The predicted molar refractivity (Wildman–Crippen MR) is 90.4 cm³/mol. The number of thiophene rings is 1. The van der Waals surface area contributed by atoms with E-state index in [1.54, 1.807) is 17.7 Å². The molecular formula is C16H17N5S. The van der Waals surface area contributed by atoms with Gasteiger partial charge in [0.1, 0.15) is 6.33 Å². The van der Waals surface area contributed by atoms with Crippen LogP contribution in [0.1, 0.15) is 0 Å². The Morgan fingerprint density at radius 3 is 2.68 bits per heavy atom. The number of piperazine rings is 1. The summed E-state index contributed by atoms with van der Waals surface area (Å²) in [6.45, 7) is 4.02. The van der Waals surface area contributed by atoms with Crippen LogP contribution in [0.25, 0.3) is 20.8 Å². The van der Waals surface area contributed by atoms with Crippen LogP contribution in [-0.4, -0.2) is 53.1 Å². The van der Waals surface area contributed by atoms with Crippen molar-refractivity contribution >= 4 is 27.4 Å². The number of hydrogen-bond donors (Lipinski definition) is 0. The summed E-state index contributed by atoms with van der Waals surface area (Å²) < 4.78 is 1.26. The number of aromatic nitrogens is 3. The van der Waals surface area contributed by atoms with Crippen LogP contribution in [0.2, 0.25) is 0 Å². The summed E-state index contributed by atoms with van der Waals surface area (Å²) in [6, 6.07) is 10.5. The number of benzene rings is 1. The van der Waals surface area contributed by atoms with Crippen molar-refractivity contribution in [1.29, 1.82) is 0 Å². The van der Waals surface area contributed by atoms with E-state index < -0.39 is 0 Å². The lowest BCUT2D eigenvalue weighted by Gasteiger charge is -2.32. The molecule has 6 heteroatoms. The van der Waals surface area contributed by atoms with E-state index >= 15 is 0 Å². The van der Waals surface area contributed by atoms with Gasteiger partial charge in [-0.15, -0.1) is 11.3 Å². The lowest BCUT2D eigenvalue weighted by molar-refractivity contribution is 0.311. The summed E-state index contributed by atoms with van der Waals surface area (Å²) in [4.78, 5) is 19.1. The zero-order valence-electron chi connectivity index (χ0n) is 12.4. The highest BCUT2D eigenvalue weighted by Gasteiger charge is 2.17. The summed E-state index contributed by atoms with van der Waals surface area (Å²) >= 11 is 1.73. The van der Waals surface area contributed by atoms with E-state index in [9.17, 15) is 0 Å². The van der Waals surface area contributed by atoms with Gasteiger partial charge in [-0.2, -0.15) is 4.98 Å². The minimum absolute atomic E-state index is 0.769. The third-order valence-corrected chi connectivity index (χ3v) is 5.10. The highest BCUT2D eigenvalue weighted by molar-refractivity contribution is 7.22. The van der Waals surface area contributed by atoms with Gasteiger partial charge in [0, 0.05) is 30.9 Å². The zero-order valence-corrected chi connectivity index (χ0v) is 13.3. The molecule has 0 saturated carbocycles. The Bertz CT molecular complexity index is 759. The quantitative estimate of drug-likeness (QED) is 0.727. The minimum atomic E-state index is 0.769. The highest BCUT2D eigenvalue weighted by atomic mass is 32.1. The Morgan fingerprint density at radius 1 is 1.05 bits per heavy atom. The molecule has 0 radical (unpaired) electrons. The van der Waals surface area contributed by atoms with Crippen molar-refractivity contribution in [3.05, 3.63) is 36.7 Å². The maximum Gasteiger partial charge on any atom is 0.229 e. The predicted octanol–water partition coefficient (Wildman–Crippen LogP) is 2.51. The van der Waals surface area contributed by atoms with Crippen molar-refractivity contribution in [1.82, 2.24) is 19.9 Å². The number of anilines is 1. The molecule has 1 saturated heterocycles. The molecular weight excluding hydrogens is 294 g/mol. The van der Waals surface area contributed by atoms with Gasteiger partial charge in [0.15, 0.2) is 5.82 Å². The van der Waals surface area contributed by atoms with Crippen molar-refractivity contribution in [2.24, 2.45) is 0 Å². The topological polar surface area (TPSA) is 45.2 Å². The average Bonchev–Trinajstić information content (AvgIpc) is 3.00. The number of fused-ring (bicyclic) bond motifs is 1. The molecule has 1 aromatic carbocycles. The Kier molecular flexibility index (Phi) is 3.48. The largest absolute Gasteiger partial charge is 0.338 e. The zero-order chi connectivity index (χ0) is 14.9. The Hall–Kier alpha value is -2.05. The summed E-state index contributed by atoms with van der Waals surface area (Å²) in [5.41, 5.74) is 0. The molecule has 1 fully saturated rings. The molecule has 1 aliphatic rings. The van der Waals surface area contributed by atoms with Gasteiger partial charge >= 0.3 is 0 Å². The van der Waals surface area contributed by atoms with Gasteiger partial charge < -0.3 is 9.80 Å². The molecule has 5 nitrogen and oxygen atoms in total. The van der Waals surface area contributed by atoms with E-state index in [-0.39, 0.29) is 0 Å². The van der Waals surface area contributed by atoms with E-state index in [1.807, 2.05) is 0 Å². The van der Waals surface area contributed by atoms with Crippen LogP contribution in [0.5, 0.6) is 0 Å². The normalized spacial score (nSPS) is 16.3. The van der Waals surface area contributed by atoms with Crippen molar-refractivity contribution in [2.45, 2.75) is 0 Å². The van der Waals surface area contributed by atoms with Gasteiger partial charge in [-0.3, -0.25) is 0 Å². The van der Waals surface area contributed by atoms with Gasteiger partial charge in [-0.05, 0) is 24.6 Å². The molecule has 0 unspecified atom stereocenters. The van der Waals surface area contributed by atoms with Crippen molar-refractivity contribution in [3.63, 3.8) is 0 Å². The molecule has 2 aromatic heterocycles. The van der Waals surface area contributed by atoms with Crippen LogP contribution in [0.4, 0.5) is 5.95 Å². The molecule has 0 amide bonds. The van der Waals surface area contributed by atoms with Gasteiger partial charge in [-0.1, -0.05) is 18.2 Å². The van der Waals surface area contributed by atoms with Crippen LogP contribution in [0.15, 0.2) is 36.7 Å². The van der Waals surface area contributed by atoms with Crippen molar-refractivity contribution < 1.29 is 0 Å². The van der Waals surface area contributed by atoms with Crippen LogP contribution in [-0.2, 0) is 0 Å². The summed E-state index contributed by atoms with van der Waals surface area (Å²) in [6.07, 6.45) is 1.63. The Morgan fingerprint density at radius 2 is 1.86 bits per heavy atom. The number of nitrogens with zero attached hydrogens (tertiary/aromatic N) is 5. The molecule has 0 bridgehead atoms. The number of rotatable bonds is 2. The van der Waals surface area contributed by atoms with Crippen molar-refractivity contribution in [3.8, 4) is 10.7 Å². The van der Waals surface area contributed by atoms with Gasteiger partial charge in [0.2, 0.25) is 5.95 Å². The first kappa shape index (κ1) is 13.6. The SMILES string of the molecule is CN1CCN(c2ncnc(-c3cc4ccccc4s3)n2)CC1. The second kappa shape index (κ2) is 5.62. The van der Waals surface area contributed by atoms with E-state index in [2.05, 4.69) is 62.1 Å². The Labute approximate surface area is 133 Å². The Balaban J connectivity index is 1.66. The summed E-state index contributed by atoms with van der Waals surface area (Å²) in [7, 11) is 2.15. The van der Waals surface area contributed by atoms with Crippen LogP contribution in [0, 0.1) is 0 Å². The summed E-state index contributed by atoms with van der Waals surface area (Å²) in [5, 5.41) is 1.24. The first-order valence-electron chi connectivity index (χ1n) is 7.41. The van der Waals surface area contributed by atoms with E-state index in [4.69, 9.17) is 0 Å². The molecule has 22 heavy (non-hydrogen) atoms. The van der Waals surface area contributed by atoms with Gasteiger partial charge in [-0.25, -0.2) is 9.97 Å². The average molecular weight is 311 g/mol. The van der Waals surface area contributed by atoms with E-state index in [0.29, 0.717) is 0 Å². The third kappa shape index (κ3) is 2.55. The van der Waals surface area contributed by atoms with Gasteiger partial charge in [0.25, 0.3) is 0 Å². The van der Waals surface area contributed by atoms with Gasteiger partial charge in [0.05, 0.1) is 4.88 Å². The molecule has 3 aromatic rings. The fourth-order valence-electron chi connectivity index (χ4n) is 2.66. The highest BCUT2D eigenvalue weighted by Crippen LogP contribution is 2.31.